The molecule has 0 aliphatic carbocycles. The van der Waals surface area contributed by atoms with Crippen LogP contribution in [0, 0.1) is 10.1 Å². The lowest BCUT2D eigenvalue weighted by atomic mass is 10.1. The maximum atomic E-state index is 11.5. The van der Waals surface area contributed by atoms with E-state index < -0.39 is 39.6 Å². The van der Waals surface area contributed by atoms with Crippen molar-refractivity contribution in [2.45, 2.75) is 26.4 Å². The molecule has 0 heterocycles. The van der Waals surface area contributed by atoms with Gasteiger partial charge in [0.15, 0.2) is 0 Å². The van der Waals surface area contributed by atoms with E-state index in [1.807, 2.05) is 0 Å². The van der Waals surface area contributed by atoms with E-state index in [4.69, 9.17) is 14.6 Å². The maximum Gasteiger partial charge on any atom is 0.514 e. The van der Waals surface area contributed by atoms with Crippen LogP contribution in [0.3, 0.4) is 0 Å². The monoisotopic (exact) mass is 283 g/mol. The number of nitro groups is 1. The third-order valence-electron chi connectivity index (χ3n) is 1.99. The molecule has 0 bridgehead atoms. The number of hydrogen-bond acceptors (Lipinski definition) is 6. The predicted molar refractivity (Wildman–Crippen MR) is 66.9 cm³/mol. The molecular formula is C12H13NO7. The molecule has 0 saturated carbocycles. The number of rotatable bonds is 3. The molecule has 1 N–H and O–H groups in total. The first-order valence-corrected chi connectivity index (χ1v) is 5.53. The van der Waals surface area contributed by atoms with E-state index >= 15 is 0 Å². The molecule has 20 heavy (non-hydrogen) atoms. The van der Waals surface area contributed by atoms with Crippen LogP contribution in [-0.2, 0) is 4.74 Å². The van der Waals surface area contributed by atoms with Crippen molar-refractivity contribution in [1.82, 2.24) is 0 Å². The molecule has 108 valence electrons. The van der Waals surface area contributed by atoms with Crippen molar-refractivity contribution in [3.05, 3.63) is 33.9 Å². The van der Waals surface area contributed by atoms with Gasteiger partial charge < -0.3 is 14.6 Å². The number of aromatic carboxylic acids is 1. The van der Waals surface area contributed by atoms with E-state index in [0.29, 0.717) is 0 Å². The third-order valence-corrected chi connectivity index (χ3v) is 1.99. The Labute approximate surface area is 114 Å². The molecule has 0 aromatic heterocycles. The van der Waals surface area contributed by atoms with E-state index in [1.165, 1.54) is 6.07 Å². The fourth-order valence-electron chi connectivity index (χ4n) is 1.33. The quantitative estimate of drug-likeness (QED) is 0.392. The Kier molecular flexibility index (Phi) is 4.28. The number of carbonyl (C=O) groups excluding carboxylic acids is 1. The fraction of sp³-hybridized carbons (Fsp3) is 0.333. The number of hydrogen-bond donors (Lipinski definition) is 1. The molecule has 1 rings (SSSR count). The lowest BCUT2D eigenvalue weighted by molar-refractivity contribution is -0.386. The fourth-order valence-corrected chi connectivity index (χ4v) is 1.33. The summed E-state index contributed by atoms with van der Waals surface area (Å²) in [4.78, 5) is 32.4. The topological polar surface area (TPSA) is 116 Å². The van der Waals surface area contributed by atoms with Crippen LogP contribution >= 0.6 is 0 Å². The predicted octanol–water partition coefficient (Wildman–Crippen LogP) is 2.61. The minimum Gasteiger partial charge on any atom is -0.477 e. The van der Waals surface area contributed by atoms with Gasteiger partial charge in [0.1, 0.15) is 11.2 Å². The molecule has 0 radical (unpaired) electrons. The number of carboxylic acid groups (broad SMARTS) is 1. The Balaban J connectivity index is 3.13. The summed E-state index contributed by atoms with van der Waals surface area (Å²) >= 11 is 0. The molecule has 8 heteroatoms. The highest BCUT2D eigenvalue weighted by molar-refractivity contribution is 5.94. The lowest BCUT2D eigenvalue weighted by Gasteiger charge is -2.18. The number of carbonyl (C=O) groups is 2. The van der Waals surface area contributed by atoms with Crippen LogP contribution in [0.4, 0.5) is 10.5 Å². The van der Waals surface area contributed by atoms with E-state index in [0.717, 1.165) is 12.1 Å². The Morgan fingerprint density at radius 1 is 1.30 bits per heavy atom. The zero-order valence-electron chi connectivity index (χ0n) is 11.1. The molecular weight excluding hydrogens is 270 g/mol. The van der Waals surface area contributed by atoms with E-state index in [2.05, 4.69) is 0 Å². The average molecular weight is 283 g/mol. The summed E-state index contributed by atoms with van der Waals surface area (Å²) in [6.45, 7) is 4.78. The highest BCUT2D eigenvalue weighted by Gasteiger charge is 2.28. The summed E-state index contributed by atoms with van der Waals surface area (Å²) in [5.74, 6) is -1.98. The van der Waals surface area contributed by atoms with Gasteiger partial charge in [-0.2, -0.15) is 0 Å². The second-order valence-corrected chi connectivity index (χ2v) is 4.78. The molecule has 0 atom stereocenters. The molecule has 1 aromatic rings. The van der Waals surface area contributed by atoms with Gasteiger partial charge in [-0.05, 0) is 32.9 Å². The SMILES string of the molecule is CC(C)(C)OC(=O)Oc1cccc(C(=O)O)c1[N+](=O)[O-]. The highest BCUT2D eigenvalue weighted by atomic mass is 16.7. The number of carboxylic acids is 1. The average Bonchev–Trinajstić information content (AvgIpc) is 2.25. The normalized spacial score (nSPS) is 10.8. The molecule has 1 aromatic carbocycles. The van der Waals surface area contributed by atoms with Crippen LogP contribution in [0.5, 0.6) is 5.75 Å². The van der Waals surface area contributed by atoms with Gasteiger partial charge in [-0.25, -0.2) is 9.59 Å². The molecule has 0 amide bonds. The van der Waals surface area contributed by atoms with E-state index in [-0.39, 0.29) is 0 Å². The standard InChI is InChI=1S/C12H13NO7/c1-12(2,3)20-11(16)19-8-6-4-5-7(10(14)15)9(8)13(17)18/h4-6H,1-3H3,(H,14,15). The van der Waals surface area contributed by atoms with Gasteiger partial charge in [-0.1, -0.05) is 6.07 Å². The number of ether oxygens (including phenoxy) is 2. The smallest absolute Gasteiger partial charge is 0.477 e. The maximum absolute atomic E-state index is 11.5. The number of nitrogens with zero attached hydrogens (tertiary/aromatic N) is 1. The molecule has 8 nitrogen and oxygen atoms in total. The Morgan fingerprint density at radius 3 is 2.35 bits per heavy atom. The van der Waals surface area contributed by atoms with Crippen molar-refractivity contribution >= 4 is 17.8 Å². The summed E-state index contributed by atoms with van der Waals surface area (Å²) in [6.07, 6.45) is -1.15. The second kappa shape index (κ2) is 5.55. The Morgan fingerprint density at radius 2 is 1.90 bits per heavy atom. The number of para-hydroxylation sites is 1. The van der Waals surface area contributed by atoms with Gasteiger partial charge in [-0.3, -0.25) is 10.1 Å². The Hall–Kier alpha value is -2.64. The van der Waals surface area contributed by atoms with Crippen molar-refractivity contribution in [2.24, 2.45) is 0 Å². The van der Waals surface area contributed by atoms with E-state index in [9.17, 15) is 19.7 Å². The minimum absolute atomic E-state index is 0.482. The van der Waals surface area contributed by atoms with Gasteiger partial charge in [0.05, 0.1) is 4.92 Å². The van der Waals surface area contributed by atoms with Crippen molar-refractivity contribution in [2.75, 3.05) is 0 Å². The van der Waals surface area contributed by atoms with Crippen molar-refractivity contribution in [3.63, 3.8) is 0 Å². The minimum atomic E-state index is -1.49. The van der Waals surface area contributed by atoms with Crippen LogP contribution in [0.15, 0.2) is 18.2 Å². The van der Waals surface area contributed by atoms with Crippen molar-refractivity contribution in [1.29, 1.82) is 0 Å². The van der Waals surface area contributed by atoms with Crippen molar-refractivity contribution in [3.8, 4) is 5.75 Å². The van der Waals surface area contributed by atoms with Crippen LogP contribution in [0.1, 0.15) is 31.1 Å². The lowest BCUT2D eigenvalue weighted by Crippen LogP contribution is -2.26. The van der Waals surface area contributed by atoms with Gasteiger partial charge in [0.2, 0.25) is 5.75 Å². The first-order chi connectivity index (χ1) is 9.11. The number of nitro benzene ring substituents is 1. The summed E-state index contributed by atoms with van der Waals surface area (Å²) in [7, 11) is 0. The highest BCUT2D eigenvalue weighted by Crippen LogP contribution is 2.31. The summed E-state index contributed by atoms with van der Waals surface area (Å²) < 4.78 is 9.55. The Bertz CT molecular complexity index is 559. The van der Waals surface area contributed by atoms with Gasteiger partial charge in [0, 0.05) is 0 Å². The summed E-state index contributed by atoms with van der Waals surface area (Å²) in [6, 6.07) is 3.40. The van der Waals surface area contributed by atoms with E-state index in [1.54, 1.807) is 20.8 Å². The molecule has 0 saturated heterocycles. The van der Waals surface area contributed by atoms with Crippen LogP contribution in [0.25, 0.3) is 0 Å². The molecule has 0 fully saturated rings. The van der Waals surface area contributed by atoms with Crippen LogP contribution < -0.4 is 4.74 Å². The van der Waals surface area contributed by atoms with Gasteiger partial charge in [0.25, 0.3) is 0 Å². The molecule has 0 unspecified atom stereocenters. The first kappa shape index (κ1) is 15.4. The summed E-state index contributed by atoms with van der Waals surface area (Å²) in [5.41, 5.74) is -2.21. The summed E-state index contributed by atoms with van der Waals surface area (Å²) in [5, 5.41) is 19.8. The zero-order chi connectivity index (χ0) is 15.5. The molecule has 0 spiro atoms. The molecule has 0 aliphatic heterocycles. The van der Waals surface area contributed by atoms with Crippen LogP contribution in [-0.4, -0.2) is 27.8 Å². The molecule has 0 aliphatic rings. The number of benzene rings is 1. The largest absolute Gasteiger partial charge is 0.514 e. The zero-order valence-corrected chi connectivity index (χ0v) is 11.1. The first-order valence-electron chi connectivity index (χ1n) is 5.53. The third kappa shape index (κ3) is 3.94. The van der Waals surface area contributed by atoms with Gasteiger partial charge >= 0.3 is 17.8 Å². The second-order valence-electron chi connectivity index (χ2n) is 4.78. The van der Waals surface area contributed by atoms with Gasteiger partial charge in [-0.15, -0.1) is 0 Å². The van der Waals surface area contributed by atoms with Crippen LogP contribution in [0.2, 0.25) is 0 Å². The van der Waals surface area contributed by atoms with Crippen molar-refractivity contribution < 1.29 is 29.1 Å².